The molecule has 0 unspecified atom stereocenters. The normalized spacial score (nSPS) is 25.0. The first-order valence-electron chi connectivity index (χ1n) is 29.3. The molecule has 8 aromatic carbocycles. The summed E-state index contributed by atoms with van der Waals surface area (Å²) >= 11 is 0. The van der Waals surface area contributed by atoms with Crippen LogP contribution < -0.4 is 0 Å². The average molecular weight is 1130 g/mol. The van der Waals surface area contributed by atoms with Gasteiger partial charge in [-0.25, -0.2) is 9.34 Å². The molecule has 418 valence electrons. The minimum atomic E-state index is -2.00. The maximum absolute atomic E-state index is 8.09. The summed E-state index contributed by atoms with van der Waals surface area (Å²) in [5.41, 5.74) is 2.90. The van der Waals surface area contributed by atoms with E-state index in [9.17, 15) is 0 Å². The van der Waals surface area contributed by atoms with Gasteiger partial charge in [0.1, 0.15) is 24.4 Å². The van der Waals surface area contributed by atoms with E-state index in [1.807, 2.05) is 0 Å². The van der Waals surface area contributed by atoms with Crippen molar-refractivity contribution in [1.29, 1.82) is 0 Å². The number of nitrogens with zero attached hydrogens (tertiary/aromatic N) is 2. The SMILES string of the molecule is CN(CCN(C)P1OC(c2ccccc2)(c2ccccc2)[C@@H]2OC3(CCCC3)O[C@H]2C(c2ccccc2)(c2ccccc2)O1)P1OC(c2ccccc2)(c2ccccc2)[C@@H]2OC3(CCCC3)O[C@H]2C(c2ccccc2)(c2ccccc2)O1. The van der Waals surface area contributed by atoms with Crippen molar-refractivity contribution in [2.45, 2.75) is 110 Å². The summed E-state index contributed by atoms with van der Waals surface area (Å²) in [5.74, 6) is -1.64. The monoisotopic (exact) mass is 1130 g/mol. The molecule has 10 nitrogen and oxygen atoms in total. The van der Waals surface area contributed by atoms with Gasteiger partial charge in [-0.1, -0.05) is 243 Å². The Morgan fingerprint density at radius 2 is 0.463 bits per heavy atom. The van der Waals surface area contributed by atoms with Crippen LogP contribution in [-0.2, 0) is 59.4 Å². The van der Waals surface area contributed by atoms with Crippen molar-refractivity contribution in [3.05, 3.63) is 287 Å². The highest BCUT2D eigenvalue weighted by Crippen LogP contribution is 2.69. The van der Waals surface area contributed by atoms with Crippen molar-refractivity contribution < 1.29 is 37.0 Å². The fraction of sp³-hybridized carbons (Fsp3) is 0.314. The Hall–Kier alpha value is -5.78. The molecule has 82 heavy (non-hydrogen) atoms. The van der Waals surface area contributed by atoms with E-state index in [1.165, 1.54) is 0 Å². The second-order valence-electron chi connectivity index (χ2n) is 22.9. The first-order valence-corrected chi connectivity index (χ1v) is 31.5. The lowest BCUT2D eigenvalue weighted by molar-refractivity contribution is -0.194. The van der Waals surface area contributed by atoms with E-state index in [0.29, 0.717) is 13.1 Å². The highest BCUT2D eigenvalue weighted by molar-refractivity contribution is 7.45. The van der Waals surface area contributed by atoms with Crippen LogP contribution >= 0.6 is 17.1 Å². The molecule has 0 amide bonds. The van der Waals surface area contributed by atoms with E-state index < -0.39 is 75.4 Å². The Morgan fingerprint density at radius 3 is 0.634 bits per heavy atom. The Morgan fingerprint density at radius 1 is 0.293 bits per heavy atom. The zero-order valence-corrected chi connectivity index (χ0v) is 48.3. The van der Waals surface area contributed by atoms with Gasteiger partial charge >= 0.3 is 0 Å². The summed E-state index contributed by atoms with van der Waals surface area (Å²) in [5, 5.41) is 0. The molecular formula is C70H70N2O8P2. The molecule has 8 aromatic rings. The minimum absolute atomic E-state index is 0.477. The third kappa shape index (κ3) is 9.09. The molecule has 4 atom stereocenters. The van der Waals surface area contributed by atoms with Gasteiger partial charge in [0.2, 0.25) is 0 Å². The first kappa shape index (κ1) is 54.2. The predicted octanol–water partition coefficient (Wildman–Crippen LogP) is 15.3. The van der Waals surface area contributed by atoms with Crippen LogP contribution in [-0.4, -0.2) is 72.5 Å². The van der Waals surface area contributed by atoms with Crippen molar-refractivity contribution in [3.8, 4) is 0 Å². The van der Waals surface area contributed by atoms with Crippen LogP contribution in [0.2, 0.25) is 0 Å². The first-order chi connectivity index (χ1) is 40.3. The van der Waals surface area contributed by atoms with E-state index >= 15 is 0 Å². The number of hydrogen-bond acceptors (Lipinski definition) is 10. The lowest BCUT2D eigenvalue weighted by atomic mass is 9.72. The number of hydrogen-bond donors (Lipinski definition) is 0. The molecule has 4 saturated heterocycles. The standard InChI is InChI=1S/C70H70N2O8P2/c1-71(81-77-67(53-31-11-3-12-32-53,54-33-13-4-14-34-54)61-62(74-65(73-61)47-27-28-48-65)68(78-81,55-35-15-5-16-36-55)56-37-17-6-18-38-56)51-52-72(2)82-79-69(57-39-19-7-20-40-57,58-41-21-8-22-42-58)63-64(76-66(75-63)49-29-30-50-66)70(80-82,59-43-23-9-24-44-59)60-45-25-10-26-46-60/h3-26,31-46,61-64H,27-30,47-52H2,1-2H3/t61-,62-,63-,64-/m1/s1. The van der Waals surface area contributed by atoms with Crippen LogP contribution in [0.5, 0.6) is 0 Å². The lowest BCUT2D eigenvalue weighted by Gasteiger charge is -2.42. The lowest BCUT2D eigenvalue weighted by Crippen LogP contribution is -2.53. The number of likely N-dealkylation sites (N-methyl/N-ethyl adjacent to an activating group) is 2. The summed E-state index contributed by atoms with van der Waals surface area (Å²) in [4.78, 5) is 0. The molecule has 0 radical (unpaired) electrons. The predicted molar refractivity (Wildman–Crippen MR) is 320 cm³/mol. The summed E-state index contributed by atoms with van der Waals surface area (Å²) in [6, 6.07) is 84.7. The molecule has 2 aliphatic carbocycles. The maximum atomic E-state index is 8.09. The van der Waals surface area contributed by atoms with Crippen molar-refractivity contribution in [2.75, 3.05) is 27.2 Å². The molecule has 4 aliphatic heterocycles. The number of ether oxygens (including phenoxy) is 4. The van der Waals surface area contributed by atoms with Gasteiger partial charge in [-0.05, 0) is 84.3 Å². The second-order valence-corrected chi connectivity index (χ2v) is 25.9. The van der Waals surface area contributed by atoms with Gasteiger partial charge in [-0.15, -0.1) is 0 Å². The van der Waals surface area contributed by atoms with Crippen LogP contribution in [0.4, 0.5) is 0 Å². The van der Waals surface area contributed by atoms with E-state index in [2.05, 4.69) is 266 Å². The Bertz CT molecular complexity index is 2790. The summed E-state index contributed by atoms with van der Waals surface area (Å²) in [6.07, 6.45) is 4.51. The molecule has 2 spiro atoms. The molecular weight excluding hydrogens is 1060 g/mol. The molecule has 2 saturated carbocycles. The van der Waals surface area contributed by atoms with Crippen LogP contribution in [0.15, 0.2) is 243 Å². The summed E-state index contributed by atoms with van der Waals surface area (Å²) in [7, 11) is 0.240. The number of fused-ring (bicyclic) bond motifs is 2. The number of rotatable bonds is 13. The fourth-order valence-corrected chi connectivity index (χ4v) is 17.5. The van der Waals surface area contributed by atoms with Gasteiger partial charge in [0.25, 0.3) is 17.1 Å². The Labute approximate surface area is 485 Å². The molecule has 4 heterocycles. The van der Waals surface area contributed by atoms with Crippen molar-refractivity contribution in [1.82, 2.24) is 9.34 Å². The zero-order chi connectivity index (χ0) is 55.2. The van der Waals surface area contributed by atoms with Crippen LogP contribution in [0.1, 0.15) is 95.9 Å². The van der Waals surface area contributed by atoms with Crippen LogP contribution in [0.3, 0.4) is 0 Å². The molecule has 14 rings (SSSR count). The van der Waals surface area contributed by atoms with Gasteiger partial charge in [0.15, 0.2) is 34.0 Å². The van der Waals surface area contributed by atoms with E-state index in [0.717, 1.165) is 95.9 Å². The Balaban J connectivity index is 0.916. The number of benzene rings is 8. The summed E-state index contributed by atoms with van der Waals surface area (Å²) in [6.45, 7) is 0.953. The average Bonchev–Trinajstić information content (AvgIpc) is 3.07. The van der Waals surface area contributed by atoms with E-state index in [4.69, 9.17) is 37.0 Å². The zero-order valence-electron chi connectivity index (χ0n) is 46.5. The van der Waals surface area contributed by atoms with Gasteiger partial charge < -0.3 is 37.0 Å². The third-order valence-corrected chi connectivity index (χ3v) is 21.4. The highest BCUT2D eigenvalue weighted by atomic mass is 31.2. The van der Waals surface area contributed by atoms with Crippen LogP contribution in [0.25, 0.3) is 0 Å². The van der Waals surface area contributed by atoms with Gasteiger partial charge in [0, 0.05) is 38.8 Å². The topological polar surface area (TPSA) is 80.3 Å². The third-order valence-electron chi connectivity index (χ3n) is 18.1. The minimum Gasteiger partial charge on any atom is -0.340 e. The molecule has 0 N–H and O–H groups in total. The fourth-order valence-electron chi connectivity index (χ4n) is 14.1. The molecule has 0 bridgehead atoms. The van der Waals surface area contributed by atoms with Gasteiger partial charge in [0.05, 0.1) is 0 Å². The van der Waals surface area contributed by atoms with Crippen molar-refractivity contribution >= 4 is 17.1 Å². The van der Waals surface area contributed by atoms with Gasteiger partial charge in [-0.3, -0.25) is 0 Å². The van der Waals surface area contributed by atoms with Crippen molar-refractivity contribution in [3.63, 3.8) is 0 Å². The molecule has 6 fully saturated rings. The maximum Gasteiger partial charge on any atom is 0.261 e. The molecule has 12 heteroatoms. The van der Waals surface area contributed by atoms with E-state index in [-0.39, 0.29) is 0 Å². The summed E-state index contributed by atoms with van der Waals surface area (Å²) < 4.78 is 67.6. The van der Waals surface area contributed by atoms with Crippen molar-refractivity contribution in [2.24, 2.45) is 0 Å². The molecule has 0 aromatic heterocycles. The largest absolute Gasteiger partial charge is 0.340 e. The van der Waals surface area contributed by atoms with Crippen LogP contribution in [0, 0.1) is 0 Å². The Kier molecular flexibility index (Phi) is 14.8. The second kappa shape index (κ2) is 22.3. The smallest absolute Gasteiger partial charge is 0.261 e. The van der Waals surface area contributed by atoms with E-state index in [1.54, 1.807) is 0 Å². The highest BCUT2D eigenvalue weighted by Gasteiger charge is 2.71. The molecule has 6 aliphatic rings. The quantitative estimate of drug-likeness (QED) is 0.104. The van der Waals surface area contributed by atoms with Gasteiger partial charge in [-0.2, -0.15) is 0 Å².